The van der Waals surface area contributed by atoms with Gasteiger partial charge < -0.3 is 14.3 Å². The highest BCUT2D eigenvalue weighted by Gasteiger charge is 2.31. The van der Waals surface area contributed by atoms with Gasteiger partial charge in [-0.05, 0) is 109 Å². The summed E-state index contributed by atoms with van der Waals surface area (Å²) in [5, 5.41) is 12.8. The van der Waals surface area contributed by atoms with E-state index in [9.17, 15) is 0 Å². The smallest absolute Gasteiger partial charge is 0.211 e. The van der Waals surface area contributed by atoms with Crippen LogP contribution in [0.3, 0.4) is 0 Å². The molecule has 1 aliphatic rings. The summed E-state index contributed by atoms with van der Waals surface area (Å²) in [6.45, 7) is 20.6. The molecule has 7 aromatic carbocycles. The van der Waals surface area contributed by atoms with Crippen molar-refractivity contribution in [1.29, 1.82) is 0 Å². The van der Waals surface area contributed by atoms with E-state index in [4.69, 9.17) is 4.42 Å². The zero-order valence-corrected chi connectivity index (χ0v) is 38.6. The van der Waals surface area contributed by atoms with E-state index in [0.29, 0.717) is 0 Å². The normalized spacial score (nSPS) is 13.4. The van der Waals surface area contributed by atoms with Crippen LogP contribution in [0.4, 0.5) is 11.4 Å². The first-order valence-electron chi connectivity index (χ1n) is 21.9. The summed E-state index contributed by atoms with van der Waals surface area (Å²) in [5.41, 5.74) is 15.7. The monoisotopic (exact) mass is 840 g/mol. The molecular weight excluding hydrogens is 792 g/mol. The predicted octanol–water partition coefficient (Wildman–Crippen LogP) is 15.3. The number of hydrogen-bond acceptors (Lipinski definition) is 4. The van der Waals surface area contributed by atoms with Crippen LogP contribution in [-0.4, -0.2) is 11.8 Å². The zero-order valence-electron chi connectivity index (χ0n) is 36.9. The van der Waals surface area contributed by atoms with Crippen molar-refractivity contribution in [2.24, 2.45) is 0 Å². The van der Waals surface area contributed by atoms with Gasteiger partial charge in [-0.1, -0.05) is 123 Å². The third-order valence-corrected chi connectivity index (χ3v) is 15.8. The van der Waals surface area contributed by atoms with Crippen molar-refractivity contribution in [3.05, 3.63) is 138 Å². The van der Waals surface area contributed by atoms with Gasteiger partial charge in [0.2, 0.25) is 7.28 Å². The molecule has 12 rings (SSSR count). The van der Waals surface area contributed by atoms with Crippen molar-refractivity contribution in [1.82, 2.24) is 4.57 Å². The van der Waals surface area contributed by atoms with Gasteiger partial charge in [0, 0.05) is 74.3 Å². The molecule has 1 aliphatic heterocycles. The van der Waals surface area contributed by atoms with Gasteiger partial charge >= 0.3 is 0 Å². The molecule has 0 saturated heterocycles. The first-order chi connectivity index (χ1) is 29.6. The third kappa shape index (κ3) is 5.69. The average molecular weight is 841 g/mol. The van der Waals surface area contributed by atoms with Gasteiger partial charge in [0.05, 0.1) is 11.2 Å². The quantitative estimate of drug-likeness (QED) is 0.180. The fraction of sp³-hybridized carbons (Fsp3) is 0.214. The van der Waals surface area contributed by atoms with E-state index in [2.05, 4.69) is 194 Å². The molecule has 0 fully saturated rings. The number of fused-ring (bicyclic) bond motifs is 13. The SMILES string of the molecule is CC(C)(C)c1ccc(Nc2cc3c(cc2-c2ccc4c5cc6sc7ccccc7c6cc5n5c4c2Bc2sc4ccc(C(C)(C)C)cc4c2-5)oc2cc(C(C)(C)C)ccc23)cc1. The van der Waals surface area contributed by atoms with Gasteiger partial charge in [-0.2, -0.15) is 0 Å². The van der Waals surface area contributed by atoms with Gasteiger partial charge in [-0.3, -0.25) is 0 Å². The van der Waals surface area contributed by atoms with Crippen LogP contribution in [0, 0.1) is 0 Å². The number of furan rings is 1. The summed E-state index contributed by atoms with van der Waals surface area (Å²) in [5.74, 6) is 0. The Morgan fingerprint density at radius 2 is 1.18 bits per heavy atom. The molecule has 0 amide bonds. The minimum atomic E-state index is 0.0166. The zero-order chi connectivity index (χ0) is 42.6. The van der Waals surface area contributed by atoms with Crippen molar-refractivity contribution in [3.63, 3.8) is 0 Å². The van der Waals surface area contributed by atoms with Gasteiger partial charge in [-0.25, -0.2) is 0 Å². The van der Waals surface area contributed by atoms with Crippen molar-refractivity contribution in [2.75, 3.05) is 5.32 Å². The van der Waals surface area contributed by atoms with Gasteiger partial charge in [0.15, 0.2) is 0 Å². The van der Waals surface area contributed by atoms with E-state index in [1.54, 1.807) is 0 Å². The summed E-state index contributed by atoms with van der Waals surface area (Å²) in [6.07, 6.45) is 0. The number of hydrogen-bond donors (Lipinski definition) is 1. The summed E-state index contributed by atoms with van der Waals surface area (Å²) < 4.78 is 14.9. The van der Waals surface area contributed by atoms with Crippen LogP contribution < -0.4 is 15.6 Å². The maximum absolute atomic E-state index is 6.83. The molecule has 6 heteroatoms. The third-order valence-electron chi connectivity index (χ3n) is 13.5. The van der Waals surface area contributed by atoms with Crippen LogP contribution in [0.25, 0.3) is 90.8 Å². The van der Waals surface area contributed by atoms with E-state index in [-0.39, 0.29) is 16.2 Å². The minimum absolute atomic E-state index is 0.0166. The second-order valence-corrected chi connectivity index (χ2v) is 22.9. The standard InChI is InChI=1S/C56H49BN2OS2/c1-54(2,3)30-14-18-33(19-15-30)58-43-26-40-34-20-16-32(56(7,8)9)25-45(34)60-46(40)28-38(43)36-21-22-37-39-29-49-41(35-12-10-11-13-47(35)61-49)27-44(39)59-51(37)50(36)57-53-52(59)42-24-31(55(4,5)6)17-23-48(42)62-53/h10-29,57-58H,1-9H3. The number of nitrogens with one attached hydrogen (secondary N) is 1. The van der Waals surface area contributed by atoms with E-state index < -0.39 is 0 Å². The molecule has 3 nitrogen and oxygen atoms in total. The number of benzene rings is 7. The van der Waals surface area contributed by atoms with Gasteiger partial charge in [-0.15, -0.1) is 22.7 Å². The maximum atomic E-state index is 6.83. The number of thiophene rings is 2. The van der Waals surface area contributed by atoms with E-state index in [0.717, 1.165) is 46.2 Å². The van der Waals surface area contributed by atoms with Crippen LogP contribution in [0.1, 0.15) is 79.0 Å². The lowest BCUT2D eigenvalue weighted by atomic mass is 9.63. The van der Waals surface area contributed by atoms with Crippen LogP contribution in [-0.2, 0) is 16.2 Å². The summed E-state index contributed by atoms with van der Waals surface area (Å²) >= 11 is 3.86. The molecule has 11 aromatic rings. The molecule has 304 valence electrons. The second kappa shape index (κ2) is 12.9. The molecule has 0 aliphatic carbocycles. The van der Waals surface area contributed by atoms with Crippen LogP contribution in [0.15, 0.2) is 126 Å². The Bertz CT molecular complexity index is 3690. The van der Waals surface area contributed by atoms with Crippen LogP contribution in [0.2, 0.25) is 0 Å². The number of aromatic nitrogens is 1. The summed E-state index contributed by atoms with van der Waals surface area (Å²) in [7, 11) is 0.854. The number of anilines is 2. The Hall–Kier alpha value is -5.82. The lowest BCUT2D eigenvalue weighted by Crippen LogP contribution is -2.35. The first kappa shape index (κ1) is 37.9. The molecule has 0 spiro atoms. The average Bonchev–Trinajstić information content (AvgIpc) is 3.97. The lowest BCUT2D eigenvalue weighted by Gasteiger charge is -2.23. The molecule has 0 unspecified atom stereocenters. The van der Waals surface area contributed by atoms with Gasteiger partial charge in [0.25, 0.3) is 0 Å². The summed E-state index contributed by atoms with van der Waals surface area (Å²) in [4.78, 5) is 0. The molecule has 0 radical (unpaired) electrons. The largest absolute Gasteiger partial charge is 0.456 e. The molecule has 5 heterocycles. The Kier molecular flexibility index (Phi) is 7.87. The molecular formula is C56H49BN2OS2. The van der Waals surface area contributed by atoms with Crippen molar-refractivity contribution >= 4 is 126 Å². The highest BCUT2D eigenvalue weighted by molar-refractivity contribution is 7.29. The Morgan fingerprint density at radius 3 is 1.95 bits per heavy atom. The van der Waals surface area contributed by atoms with Crippen molar-refractivity contribution < 1.29 is 4.42 Å². The van der Waals surface area contributed by atoms with Crippen LogP contribution >= 0.6 is 22.7 Å². The molecule has 0 saturated carbocycles. The number of nitrogens with zero attached hydrogens (tertiary/aromatic N) is 1. The lowest BCUT2D eigenvalue weighted by molar-refractivity contribution is 0.587. The van der Waals surface area contributed by atoms with Crippen molar-refractivity contribution in [3.8, 4) is 16.8 Å². The van der Waals surface area contributed by atoms with E-state index >= 15 is 0 Å². The maximum Gasteiger partial charge on any atom is 0.211 e. The fourth-order valence-corrected chi connectivity index (χ4v) is 12.3. The number of rotatable bonds is 3. The topological polar surface area (TPSA) is 30.1 Å². The highest BCUT2D eigenvalue weighted by atomic mass is 32.1. The van der Waals surface area contributed by atoms with Crippen LogP contribution in [0.5, 0.6) is 0 Å². The Morgan fingerprint density at radius 1 is 0.500 bits per heavy atom. The van der Waals surface area contributed by atoms with Gasteiger partial charge in [0.1, 0.15) is 11.2 Å². The predicted molar refractivity (Wildman–Crippen MR) is 274 cm³/mol. The Balaban J connectivity index is 1.15. The second-order valence-electron chi connectivity index (χ2n) is 20.7. The molecule has 1 N–H and O–H groups in total. The molecule has 0 bridgehead atoms. The minimum Gasteiger partial charge on any atom is -0.456 e. The molecule has 4 aromatic heterocycles. The van der Waals surface area contributed by atoms with Crippen molar-refractivity contribution in [2.45, 2.75) is 78.6 Å². The highest BCUT2D eigenvalue weighted by Crippen LogP contribution is 2.46. The molecule has 0 atom stereocenters. The molecule has 62 heavy (non-hydrogen) atoms. The fourth-order valence-electron chi connectivity index (χ4n) is 10.0. The van der Waals surface area contributed by atoms with E-state index in [1.807, 2.05) is 22.7 Å². The van der Waals surface area contributed by atoms with E-state index in [1.165, 1.54) is 90.2 Å². The first-order valence-corrected chi connectivity index (χ1v) is 23.6. The summed E-state index contributed by atoms with van der Waals surface area (Å²) in [6, 6.07) is 46.2. The Labute approximate surface area is 371 Å².